The zero-order chi connectivity index (χ0) is 18.0. The van der Waals surface area contributed by atoms with Gasteiger partial charge < -0.3 is 9.64 Å². The molecule has 0 aliphatic carbocycles. The molecule has 0 radical (unpaired) electrons. The third kappa shape index (κ3) is 6.45. The fourth-order valence-electron chi connectivity index (χ4n) is 3.68. The molecule has 2 aromatic carbocycles. The number of nitrogens with zero attached hydrogens (tertiary/aromatic N) is 1. The molecule has 2 aromatic rings. The van der Waals surface area contributed by atoms with Crippen LogP contribution < -0.4 is 4.74 Å². The Morgan fingerprint density at radius 3 is 2.38 bits per heavy atom. The molecule has 0 N–H and O–H groups in total. The Labute approximate surface area is 157 Å². The highest BCUT2D eigenvalue weighted by molar-refractivity contribution is 5.22. The van der Waals surface area contributed by atoms with Crippen LogP contribution in [0.25, 0.3) is 0 Å². The fourth-order valence-corrected chi connectivity index (χ4v) is 3.68. The lowest BCUT2D eigenvalue weighted by atomic mass is 9.94. The predicted octanol–water partition coefficient (Wildman–Crippen LogP) is 5.33. The van der Waals surface area contributed by atoms with E-state index in [0.717, 1.165) is 24.7 Å². The largest absolute Gasteiger partial charge is 0.494 e. The van der Waals surface area contributed by atoms with E-state index in [0.29, 0.717) is 0 Å². The van der Waals surface area contributed by atoms with Crippen LogP contribution >= 0.6 is 0 Å². The highest BCUT2D eigenvalue weighted by atomic mass is 19.1. The number of likely N-dealkylation sites (tertiary alicyclic amines) is 1. The molecule has 0 amide bonds. The molecule has 2 nitrogen and oxygen atoms in total. The molecule has 0 spiro atoms. The van der Waals surface area contributed by atoms with Crippen molar-refractivity contribution < 1.29 is 9.13 Å². The van der Waals surface area contributed by atoms with Crippen molar-refractivity contribution in [2.75, 3.05) is 26.2 Å². The van der Waals surface area contributed by atoms with Gasteiger partial charge in [0.05, 0.1) is 6.61 Å². The molecule has 0 atom stereocenters. The summed E-state index contributed by atoms with van der Waals surface area (Å²) in [6, 6.07) is 17.1. The van der Waals surface area contributed by atoms with Gasteiger partial charge in [-0.25, -0.2) is 4.39 Å². The smallest absolute Gasteiger partial charge is 0.123 e. The number of unbranched alkanes of at least 4 members (excludes halogenated alkanes) is 1. The summed E-state index contributed by atoms with van der Waals surface area (Å²) in [6.45, 7) is 4.39. The second-order valence-corrected chi connectivity index (χ2v) is 7.32. The van der Waals surface area contributed by atoms with Crippen molar-refractivity contribution >= 4 is 0 Å². The maximum absolute atomic E-state index is 12.9. The van der Waals surface area contributed by atoms with E-state index >= 15 is 0 Å². The van der Waals surface area contributed by atoms with Crippen molar-refractivity contribution in [3.8, 4) is 5.75 Å². The standard InChI is InChI=1S/C23H30FNO/c24-22-9-11-23(12-10-22)26-19-15-21-13-17-25(18-14-21)16-5-4-8-20-6-2-1-3-7-20/h1-3,6-7,9-12,21H,4-5,8,13-19H2. The van der Waals surface area contributed by atoms with Crippen LogP contribution in [0, 0.1) is 11.7 Å². The molecule has 1 aliphatic heterocycles. The first-order valence-corrected chi connectivity index (χ1v) is 9.94. The van der Waals surface area contributed by atoms with Gasteiger partial charge in [0, 0.05) is 0 Å². The third-order valence-electron chi connectivity index (χ3n) is 5.35. The minimum Gasteiger partial charge on any atom is -0.494 e. The fraction of sp³-hybridized carbons (Fsp3) is 0.478. The van der Waals surface area contributed by atoms with E-state index in [9.17, 15) is 4.39 Å². The lowest BCUT2D eigenvalue weighted by Crippen LogP contribution is -2.34. The van der Waals surface area contributed by atoms with E-state index in [1.165, 1.54) is 69.4 Å². The lowest BCUT2D eigenvalue weighted by molar-refractivity contribution is 0.161. The molecule has 3 rings (SSSR count). The molecule has 1 heterocycles. The van der Waals surface area contributed by atoms with Gasteiger partial charge in [0.2, 0.25) is 0 Å². The first-order chi connectivity index (χ1) is 12.8. The van der Waals surface area contributed by atoms with Gasteiger partial charge in [0.25, 0.3) is 0 Å². The monoisotopic (exact) mass is 355 g/mol. The number of ether oxygens (including phenoxy) is 1. The summed E-state index contributed by atoms with van der Waals surface area (Å²) in [4.78, 5) is 2.61. The molecule has 0 aromatic heterocycles. The molecule has 1 saturated heterocycles. The summed E-state index contributed by atoms with van der Waals surface area (Å²) in [6.07, 6.45) is 7.39. The second kappa shape index (κ2) is 10.3. The molecule has 26 heavy (non-hydrogen) atoms. The van der Waals surface area contributed by atoms with Crippen LogP contribution in [-0.4, -0.2) is 31.1 Å². The highest BCUT2D eigenvalue weighted by Crippen LogP contribution is 2.21. The summed E-state index contributed by atoms with van der Waals surface area (Å²) in [5.41, 5.74) is 1.45. The van der Waals surface area contributed by atoms with Crippen molar-refractivity contribution in [3.05, 3.63) is 66.0 Å². The van der Waals surface area contributed by atoms with Crippen molar-refractivity contribution in [1.82, 2.24) is 4.90 Å². The minimum absolute atomic E-state index is 0.214. The first kappa shape index (κ1) is 18.9. The van der Waals surface area contributed by atoms with E-state index in [-0.39, 0.29) is 5.82 Å². The highest BCUT2D eigenvalue weighted by Gasteiger charge is 2.18. The number of aryl methyl sites for hydroxylation is 1. The van der Waals surface area contributed by atoms with Crippen LogP contribution in [-0.2, 0) is 6.42 Å². The molecule has 3 heteroatoms. The first-order valence-electron chi connectivity index (χ1n) is 9.94. The van der Waals surface area contributed by atoms with Crippen molar-refractivity contribution in [2.45, 2.75) is 38.5 Å². The summed E-state index contributed by atoms with van der Waals surface area (Å²) < 4.78 is 18.6. The van der Waals surface area contributed by atoms with E-state index in [2.05, 4.69) is 35.2 Å². The Morgan fingerprint density at radius 1 is 0.923 bits per heavy atom. The van der Waals surface area contributed by atoms with Crippen LogP contribution in [0.2, 0.25) is 0 Å². The zero-order valence-electron chi connectivity index (χ0n) is 15.6. The van der Waals surface area contributed by atoms with Crippen LogP contribution in [0.15, 0.2) is 54.6 Å². The number of hydrogen-bond donors (Lipinski definition) is 0. The number of hydrogen-bond acceptors (Lipinski definition) is 2. The van der Waals surface area contributed by atoms with Gasteiger partial charge >= 0.3 is 0 Å². The van der Waals surface area contributed by atoms with Gasteiger partial charge in [-0.1, -0.05) is 30.3 Å². The Kier molecular flexibility index (Phi) is 7.51. The molecule has 0 saturated carbocycles. The molecule has 140 valence electrons. The van der Waals surface area contributed by atoms with Gasteiger partial charge in [-0.2, -0.15) is 0 Å². The van der Waals surface area contributed by atoms with Crippen molar-refractivity contribution in [3.63, 3.8) is 0 Å². The average Bonchev–Trinajstić information content (AvgIpc) is 2.69. The minimum atomic E-state index is -0.214. The third-order valence-corrected chi connectivity index (χ3v) is 5.35. The number of rotatable bonds is 9. The summed E-state index contributed by atoms with van der Waals surface area (Å²) >= 11 is 0. The van der Waals surface area contributed by atoms with Crippen molar-refractivity contribution in [2.24, 2.45) is 5.92 Å². The topological polar surface area (TPSA) is 12.5 Å². The van der Waals surface area contributed by atoms with Crippen LogP contribution in [0.5, 0.6) is 5.75 Å². The van der Waals surface area contributed by atoms with Gasteiger partial charge in [-0.05, 0) is 93.9 Å². The van der Waals surface area contributed by atoms with Crippen LogP contribution in [0.3, 0.4) is 0 Å². The molecule has 1 fully saturated rings. The molecule has 0 bridgehead atoms. The van der Waals surface area contributed by atoms with Crippen LogP contribution in [0.4, 0.5) is 4.39 Å². The molecular weight excluding hydrogens is 325 g/mol. The van der Waals surface area contributed by atoms with E-state index in [1.54, 1.807) is 12.1 Å². The SMILES string of the molecule is Fc1ccc(OCCC2CCN(CCCCc3ccccc3)CC2)cc1. The summed E-state index contributed by atoms with van der Waals surface area (Å²) in [5, 5.41) is 0. The number of piperidine rings is 1. The van der Waals surface area contributed by atoms with Gasteiger partial charge in [0.1, 0.15) is 11.6 Å². The lowest BCUT2D eigenvalue weighted by Gasteiger charge is -2.32. The maximum atomic E-state index is 12.9. The number of halogens is 1. The average molecular weight is 355 g/mol. The van der Waals surface area contributed by atoms with E-state index in [4.69, 9.17) is 4.74 Å². The summed E-state index contributed by atoms with van der Waals surface area (Å²) in [5.74, 6) is 1.31. The second-order valence-electron chi connectivity index (χ2n) is 7.32. The Balaban J connectivity index is 1.24. The molecular formula is C23H30FNO. The Hall–Kier alpha value is -1.87. The summed E-state index contributed by atoms with van der Waals surface area (Å²) in [7, 11) is 0. The quantitative estimate of drug-likeness (QED) is 0.564. The van der Waals surface area contributed by atoms with Gasteiger partial charge in [-0.3, -0.25) is 0 Å². The Bertz CT molecular complexity index is 620. The van der Waals surface area contributed by atoms with Crippen LogP contribution in [0.1, 0.15) is 37.7 Å². The zero-order valence-corrected chi connectivity index (χ0v) is 15.6. The van der Waals surface area contributed by atoms with Gasteiger partial charge in [0.15, 0.2) is 0 Å². The normalized spacial score (nSPS) is 15.9. The van der Waals surface area contributed by atoms with E-state index in [1.807, 2.05) is 0 Å². The Morgan fingerprint density at radius 2 is 1.65 bits per heavy atom. The van der Waals surface area contributed by atoms with E-state index < -0.39 is 0 Å². The van der Waals surface area contributed by atoms with Crippen molar-refractivity contribution in [1.29, 1.82) is 0 Å². The van der Waals surface area contributed by atoms with Gasteiger partial charge in [-0.15, -0.1) is 0 Å². The molecule has 1 aliphatic rings. The molecule has 0 unspecified atom stereocenters. The number of benzene rings is 2. The predicted molar refractivity (Wildman–Crippen MR) is 105 cm³/mol. The maximum Gasteiger partial charge on any atom is 0.123 e.